The van der Waals surface area contributed by atoms with Gasteiger partial charge in [0.1, 0.15) is 0 Å². The molecule has 1 aromatic carbocycles. The molecule has 34 heavy (non-hydrogen) atoms. The Kier molecular flexibility index (Phi) is 5.67. The first-order chi connectivity index (χ1) is 16.9. The van der Waals surface area contributed by atoms with E-state index in [4.69, 9.17) is 15.3 Å². The Morgan fingerprint density at radius 3 is 1.91 bits per heavy atom. The van der Waals surface area contributed by atoms with Crippen LogP contribution in [-0.4, -0.2) is 38.5 Å². The highest BCUT2D eigenvalue weighted by Crippen LogP contribution is 2.39. The zero-order chi connectivity index (χ0) is 22.7. The first kappa shape index (κ1) is 20.8. The van der Waals surface area contributed by atoms with Crippen molar-refractivity contribution in [3.05, 3.63) is 96.1 Å². The van der Waals surface area contributed by atoms with Crippen molar-refractivity contribution in [3.8, 4) is 0 Å². The molecule has 0 bridgehead atoms. The Labute approximate surface area is 199 Å². The average Bonchev–Trinajstić information content (AvgIpc) is 3.26. The fraction of sp³-hybridized carbons (Fsp3) is 0.333. The number of nitrogens with zero attached hydrogens (tertiary/aromatic N) is 7. The molecule has 2 aromatic heterocycles. The molecule has 0 saturated heterocycles. The fourth-order valence-electron chi connectivity index (χ4n) is 5.51. The molecule has 7 nitrogen and oxygen atoms in total. The molecule has 0 spiro atoms. The van der Waals surface area contributed by atoms with Crippen LogP contribution in [0.3, 0.4) is 0 Å². The van der Waals surface area contributed by atoms with E-state index in [1.807, 2.05) is 48.8 Å². The minimum atomic E-state index is 0.215. The maximum atomic E-state index is 4.73. The van der Waals surface area contributed by atoms with Gasteiger partial charge in [0, 0.05) is 24.2 Å². The van der Waals surface area contributed by atoms with Crippen LogP contribution in [0.15, 0.2) is 99.7 Å². The smallest absolute Gasteiger partial charge is 0.0950 e. The number of hydrogen-bond donors (Lipinski definition) is 0. The van der Waals surface area contributed by atoms with Crippen LogP contribution in [0.2, 0.25) is 0 Å². The van der Waals surface area contributed by atoms with Gasteiger partial charge in [0.25, 0.3) is 0 Å². The maximum absolute atomic E-state index is 4.73. The van der Waals surface area contributed by atoms with Crippen LogP contribution in [0.4, 0.5) is 0 Å². The topological polar surface area (TPSA) is 78.5 Å². The molecule has 4 atom stereocenters. The van der Waals surface area contributed by atoms with Crippen LogP contribution >= 0.6 is 0 Å². The van der Waals surface area contributed by atoms with Crippen molar-refractivity contribution in [2.45, 2.75) is 44.3 Å². The van der Waals surface area contributed by atoms with Crippen molar-refractivity contribution in [2.24, 2.45) is 32.4 Å². The van der Waals surface area contributed by atoms with Gasteiger partial charge in [-0.2, -0.15) is 15.3 Å². The summed E-state index contributed by atoms with van der Waals surface area (Å²) in [4.78, 5) is 9.22. The summed E-state index contributed by atoms with van der Waals surface area (Å²) in [5.41, 5.74) is 5.07. The first-order valence-electron chi connectivity index (χ1n) is 12.1. The van der Waals surface area contributed by atoms with E-state index in [0.29, 0.717) is 6.04 Å². The standard InChI is InChI=1S/C27H27N7/c1-2-8-19(9-3-1)18-34-25-15-13-21-20(12-14-22(25)30-33-34)26(23-10-4-6-16-28-23)31-32-27(21)24-11-5-7-17-29-24/h1-11,16-17,20-22,25H,12-15,18H2/t20-,21-,22-,25-/m1/s1. The van der Waals surface area contributed by atoms with Gasteiger partial charge in [0.2, 0.25) is 0 Å². The molecule has 1 aliphatic carbocycles. The Balaban J connectivity index is 1.30. The Bertz CT molecular complexity index is 1210. The van der Waals surface area contributed by atoms with Crippen LogP contribution in [0.5, 0.6) is 0 Å². The zero-order valence-electron chi connectivity index (χ0n) is 19.0. The van der Waals surface area contributed by atoms with Crippen LogP contribution in [-0.2, 0) is 6.54 Å². The summed E-state index contributed by atoms with van der Waals surface area (Å²) >= 11 is 0. The number of rotatable bonds is 4. The molecule has 170 valence electrons. The highest BCUT2D eigenvalue weighted by Gasteiger charge is 2.42. The monoisotopic (exact) mass is 449 g/mol. The lowest BCUT2D eigenvalue weighted by atomic mass is 9.72. The SMILES string of the molecule is c1ccc(CN2N=N[C@@H]3CC[C@H]4C(c5ccccn5)=NN=C(c5ccccn5)[C@@H]4CC[C@H]32)cc1. The number of pyridine rings is 2. The molecular formula is C27H27N7. The van der Waals surface area contributed by atoms with E-state index in [1.165, 1.54) is 5.56 Å². The van der Waals surface area contributed by atoms with Crippen molar-refractivity contribution >= 4 is 11.4 Å². The summed E-state index contributed by atoms with van der Waals surface area (Å²) in [5, 5.41) is 20.9. The van der Waals surface area contributed by atoms with E-state index in [1.54, 1.807) is 0 Å². The molecular weight excluding hydrogens is 422 g/mol. The Hall–Kier alpha value is -3.74. The van der Waals surface area contributed by atoms with E-state index >= 15 is 0 Å². The van der Waals surface area contributed by atoms with Crippen molar-refractivity contribution in [3.63, 3.8) is 0 Å². The van der Waals surface area contributed by atoms with Crippen molar-refractivity contribution in [1.82, 2.24) is 15.0 Å². The number of hydrogen-bond acceptors (Lipinski definition) is 7. The second-order valence-corrected chi connectivity index (χ2v) is 9.19. The molecule has 0 amide bonds. The van der Waals surface area contributed by atoms with Gasteiger partial charge in [-0.3, -0.25) is 15.0 Å². The van der Waals surface area contributed by atoms with Gasteiger partial charge in [-0.05, 0) is 55.5 Å². The Morgan fingerprint density at radius 2 is 1.29 bits per heavy atom. The van der Waals surface area contributed by atoms with Gasteiger partial charge in [0.15, 0.2) is 0 Å². The van der Waals surface area contributed by atoms with Gasteiger partial charge >= 0.3 is 0 Å². The third kappa shape index (κ3) is 4.02. The summed E-state index contributed by atoms with van der Waals surface area (Å²) in [5.74, 6) is 0.480. The minimum Gasteiger partial charge on any atom is -0.269 e. The lowest BCUT2D eigenvalue weighted by Gasteiger charge is -2.36. The van der Waals surface area contributed by atoms with Crippen LogP contribution in [0.25, 0.3) is 0 Å². The molecule has 0 radical (unpaired) electrons. The van der Waals surface area contributed by atoms with Gasteiger partial charge in [-0.1, -0.05) is 47.7 Å². The molecule has 6 rings (SSSR count). The van der Waals surface area contributed by atoms with E-state index < -0.39 is 0 Å². The molecule has 4 heterocycles. The van der Waals surface area contributed by atoms with Crippen molar-refractivity contribution in [1.29, 1.82) is 0 Å². The molecule has 0 N–H and O–H groups in total. The quantitative estimate of drug-likeness (QED) is 0.555. The maximum Gasteiger partial charge on any atom is 0.0950 e. The lowest BCUT2D eigenvalue weighted by Crippen LogP contribution is -2.42. The lowest BCUT2D eigenvalue weighted by molar-refractivity contribution is 0.177. The third-order valence-electron chi connectivity index (χ3n) is 7.18. The number of benzene rings is 1. The summed E-state index contributed by atoms with van der Waals surface area (Å²) in [6, 6.07) is 23.1. The number of fused-ring (bicyclic) bond motifs is 2. The second-order valence-electron chi connectivity index (χ2n) is 9.19. The average molecular weight is 450 g/mol. The molecule has 1 fully saturated rings. The third-order valence-corrected chi connectivity index (χ3v) is 7.18. The zero-order valence-corrected chi connectivity index (χ0v) is 19.0. The Morgan fingerprint density at radius 1 is 0.676 bits per heavy atom. The van der Waals surface area contributed by atoms with E-state index in [2.05, 4.69) is 50.5 Å². The van der Waals surface area contributed by atoms with E-state index in [0.717, 1.165) is 55.0 Å². The molecule has 3 aliphatic rings. The van der Waals surface area contributed by atoms with Crippen molar-refractivity contribution < 1.29 is 0 Å². The molecule has 1 saturated carbocycles. The van der Waals surface area contributed by atoms with E-state index in [-0.39, 0.29) is 17.9 Å². The van der Waals surface area contributed by atoms with Gasteiger partial charge in [-0.15, -0.1) is 0 Å². The van der Waals surface area contributed by atoms with E-state index in [9.17, 15) is 0 Å². The largest absolute Gasteiger partial charge is 0.269 e. The highest BCUT2D eigenvalue weighted by atomic mass is 15.6. The van der Waals surface area contributed by atoms with Crippen LogP contribution < -0.4 is 0 Å². The van der Waals surface area contributed by atoms with Crippen LogP contribution in [0, 0.1) is 11.8 Å². The highest BCUT2D eigenvalue weighted by molar-refractivity contribution is 6.10. The summed E-state index contributed by atoms with van der Waals surface area (Å²) in [7, 11) is 0. The molecule has 0 unspecified atom stereocenters. The molecule has 2 aliphatic heterocycles. The predicted octanol–water partition coefficient (Wildman–Crippen LogP) is 5.11. The predicted molar refractivity (Wildman–Crippen MR) is 131 cm³/mol. The summed E-state index contributed by atoms with van der Waals surface area (Å²) in [6.07, 6.45) is 7.61. The van der Waals surface area contributed by atoms with Crippen LogP contribution in [0.1, 0.15) is 42.6 Å². The van der Waals surface area contributed by atoms with Gasteiger partial charge in [-0.25, -0.2) is 0 Å². The number of aromatic nitrogens is 2. The summed E-state index contributed by atoms with van der Waals surface area (Å²) < 4.78 is 0. The minimum absolute atomic E-state index is 0.215. The van der Waals surface area contributed by atoms with Gasteiger partial charge < -0.3 is 0 Å². The first-order valence-corrected chi connectivity index (χ1v) is 12.1. The molecule has 3 aromatic rings. The van der Waals surface area contributed by atoms with Gasteiger partial charge in [0.05, 0.1) is 41.4 Å². The summed E-state index contributed by atoms with van der Waals surface area (Å²) in [6.45, 7) is 0.793. The normalized spacial score (nSPS) is 26.1. The fourth-order valence-corrected chi connectivity index (χ4v) is 5.51. The molecule has 7 heteroatoms. The van der Waals surface area contributed by atoms with Crippen molar-refractivity contribution in [2.75, 3.05) is 0 Å². The second kappa shape index (κ2) is 9.25.